The number of aromatic amines is 1. The van der Waals surface area contributed by atoms with Gasteiger partial charge in [0.05, 0.1) is 17.4 Å². The predicted molar refractivity (Wildman–Crippen MR) is 126 cm³/mol. The van der Waals surface area contributed by atoms with Crippen molar-refractivity contribution in [1.82, 2.24) is 9.97 Å². The van der Waals surface area contributed by atoms with Crippen molar-refractivity contribution in [2.75, 3.05) is 29.6 Å². The van der Waals surface area contributed by atoms with E-state index in [1.165, 1.54) is 36.5 Å². The molecule has 9 nitrogen and oxygen atoms in total. The largest absolute Gasteiger partial charge is 0.487 e. The molecule has 0 bridgehead atoms. The zero-order valence-electron chi connectivity index (χ0n) is 18.3. The highest BCUT2D eigenvalue weighted by Gasteiger charge is 2.28. The van der Waals surface area contributed by atoms with Crippen LogP contribution < -0.4 is 15.0 Å². The molecule has 3 aromatic rings. The fourth-order valence-electron chi connectivity index (χ4n) is 3.66. The number of amides is 1. The molecule has 3 heterocycles. The molecular weight excluding hydrogens is 506 g/mol. The van der Waals surface area contributed by atoms with E-state index in [1.54, 1.807) is 12.1 Å². The van der Waals surface area contributed by atoms with Gasteiger partial charge in [-0.15, -0.1) is 8.78 Å². The topological polar surface area (TPSA) is 125 Å². The fraction of sp³-hybridized carbons (Fsp3) is 0.273. The minimum atomic E-state index is -3.85. The molecule has 1 aromatic carbocycles. The number of β-amino-alcohol motifs (C(OH)–C–C–N with tert-alkyl or cyclic N) is 1. The maximum absolute atomic E-state index is 12.9. The van der Waals surface area contributed by atoms with Crippen molar-refractivity contribution in [2.24, 2.45) is 0 Å². The van der Waals surface area contributed by atoms with Gasteiger partial charge in [-0.2, -0.15) is 0 Å². The highest BCUT2D eigenvalue weighted by Crippen LogP contribution is 2.32. The molecule has 3 N–H and O–H groups in total. The van der Waals surface area contributed by atoms with Crippen molar-refractivity contribution in [3.8, 4) is 17.0 Å². The molecule has 0 aliphatic carbocycles. The minimum Gasteiger partial charge on any atom is -0.420 e. The Morgan fingerprint density at radius 1 is 1.29 bits per heavy atom. The number of H-pyrrole nitrogens is 1. The zero-order valence-corrected chi connectivity index (χ0v) is 19.9. The summed E-state index contributed by atoms with van der Waals surface area (Å²) in [6.07, 6.45) is 2.48. The van der Waals surface area contributed by atoms with E-state index >= 15 is 0 Å². The number of hydrogen-bond donors (Lipinski definition) is 3. The van der Waals surface area contributed by atoms with Gasteiger partial charge in [0.2, 0.25) is 0 Å². The zero-order chi connectivity index (χ0) is 25.4. The number of sulfone groups is 1. The molecular formula is C22H21ClF2N4O5S. The van der Waals surface area contributed by atoms with Crippen LogP contribution in [0.15, 0.2) is 53.7 Å². The average molecular weight is 527 g/mol. The van der Waals surface area contributed by atoms with Gasteiger partial charge in [-0.25, -0.2) is 13.4 Å². The number of alkyl halides is 3. The lowest BCUT2D eigenvalue weighted by atomic mass is 10.1. The first kappa shape index (κ1) is 24.9. The number of carbonyl (C=O) groups is 1. The third-order valence-electron chi connectivity index (χ3n) is 5.29. The number of anilines is 2. The third-order valence-corrected chi connectivity index (χ3v) is 6.40. The molecule has 0 saturated carbocycles. The summed E-state index contributed by atoms with van der Waals surface area (Å²) >= 11 is 4.75. The van der Waals surface area contributed by atoms with Gasteiger partial charge in [0.15, 0.2) is 9.84 Å². The Hall–Kier alpha value is -3.22. The van der Waals surface area contributed by atoms with Crippen LogP contribution in [0, 0.1) is 0 Å². The Labute approximate surface area is 204 Å². The minimum absolute atomic E-state index is 0.0135. The number of benzene rings is 1. The van der Waals surface area contributed by atoms with Crippen LogP contribution in [0.25, 0.3) is 11.3 Å². The van der Waals surface area contributed by atoms with E-state index in [2.05, 4.69) is 20.0 Å². The highest BCUT2D eigenvalue weighted by molar-refractivity contribution is 7.90. The molecule has 1 aliphatic heterocycles. The van der Waals surface area contributed by atoms with E-state index in [4.69, 9.17) is 11.6 Å². The van der Waals surface area contributed by atoms with Crippen molar-refractivity contribution in [1.29, 1.82) is 0 Å². The normalized spacial score (nSPS) is 16.4. The van der Waals surface area contributed by atoms with Gasteiger partial charge in [-0.3, -0.25) is 4.79 Å². The molecule has 1 aliphatic rings. The SMILES string of the molecule is CS(=O)(=O)c1ccc(-c2cc(C(=O)Nc3ccc(OC(F)(F)Cl)cc3)cnc2N2CC[C@H](O)C2)[nH]1. The number of rotatable bonds is 7. The van der Waals surface area contributed by atoms with Gasteiger partial charge in [-0.05, 0) is 48.9 Å². The van der Waals surface area contributed by atoms with E-state index in [0.717, 1.165) is 6.26 Å². The second-order valence-corrected chi connectivity index (χ2v) is 10.4. The van der Waals surface area contributed by atoms with Crippen LogP contribution in [0.3, 0.4) is 0 Å². The van der Waals surface area contributed by atoms with Crippen LogP contribution in [0.2, 0.25) is 0 Å². The highest BCUT2D eigenvalue weighted by atomic mass is 35.5. The molecule has 0 radical (unpaired) electrons. The van der Waals surface area contributed by atoms with Crippen molar-refractivity contribution in [3.63, 3.8) is 0 Å². The Morgan fingerprint density at radius 3 is 2.57 bits per heavy atom. The van der Waals surface area contributed by atoms with Gasteiger partial charge in [-0.1, -0.05) is 0 Å². The van der Waals surface area contributed by atoms with Crippen LogP contribution in [0.5, 0.6) is 5.75 Å². The number of halogens is 3. The lowest BCUT2D eigenvalue weighted by molar-refractivity contribution is -0.0964. The van der Waals surface area contributed by atoms with Gasteiger partial charge in [0.1, 0.15) is 16.6 Å². The molecule has 1 atom stereocenters. The average Bonchev–Trinajstić information content (AvgIpc) is 3.43. The molecule has 13 heteroatoms. The van der Waals surface area contributed by atoms with Crippen molar-refractivity contribution >= 4 is 38.9 Å². The summed E-state index contributed by atoms with van der Waals surface area (Å²) < 4.78 is 53.6. The number of aromatic nitrogens is 2. The second-order valence-electron chi connectivity index (χ2n) is 8.02. The summed E-state index contributed by atoms with van der Waals surface area (Å²) in [5, 5.41) is 12.6. The third kappa shape index (κ3) is 6.08. The van der Waals surface area contributed by atoms with Crippen LogP contribution in [0.4, 0.5) is 20.3 Å². The molecule has 35 heavy (non-hydrogen) atoms. The lowest BCUT2D eigenvalue weighted by Crippen LogP contribution is -2.23. The summed E-state index contributed by atoms with van der Waals surface area (Å²) in [4.78, 5) is 22.0. The smallest absolute Gasteiger partial charge is 0.420 e. The van der Waals surface area contributed by atoms with Crippen LogP contribution >= 0.6 is 11.6 Å². The Balaban J connectivity index is 1.62. The van der Waals surface area contributed by atoms with Gasteiger partial charge in [0.25, 0.3) is 5.91 Å². The van der Waals surface area contributed by atoms with E-state index < -0.39 is 27.4 Å². The van der Waals surface area contributed by atoms with Crippen LogP contribution in [0.1, 0.15) is 16.8 Å². The number of nitrogens with one attached hydrogen (secondary N) is 2. The van der Waals surface area contributed by atoms with Crippen LogP contribution in [-0.4, -0.2) is 60.4 Å². The van der Waals surface area contributed by atoms with E-state index in [9.17, 15) is 27.1 Å². The van der Waals surface area contributed by atoms with Gasteiger partial charge < -0.3 is 25.0 Å². The maximum Gasteiger partial charge on any atom is 0.487 e. The Kier molecular flexibility index (Phi) is 6.71. The van der Waals surface area contributed by atoms with E-state index in [-0.39, 0.29) is 16.3 Å². The monoisotopic (exact) mass is 526 g/mol. The summed E-state index contributed by atoms with van der Waals surface area (Å²) in [5.74, 6) is -0.223. The van der Waals surface area contributed by atoms with Crippen molar-refractivity contribution < 1.29 is 31.8 Å². The van der Waals surface area contributed by atoms with Gasteiger partial charge >= 0.3 is 5.57 Å². The summed E-state index contributed by atoms with van der Waals surface area (Å²) in [5.41, 5.74) is -2.45. The standard InChI is InChI=1S/C22H21ClF2N4O5S/c1-35(32,33)19-7-6-18(28-19)17-10-13(11-26-20(17)29-9-8-15(30)12-29)21(31)27-14-2-4-16(5-3-14)34-22(23,24)25/h2-7,10-11,15,28,30H,8-9,12H2,1H3,(H,27,31)/t15-/m0/s1. The fourth-order valence-corrected chi connectivity index (χ4v) is 4.36. The number of pyridine rings is 1. The van der Waals surface area contributed by atoms with Crippen molar-refractivity contribution in [3.05, 3.63) is 54.2 Å². The summed E-state index contributed by atoms with van der Waals surface area (Å²) in [7, 11) is -3.49. The summed E-state index contributed by atoms with van der Waals surface area (Å²) in [6.45, 7) is 0.892. The maximum atomic E-state index is 12.9. The number of aliphatic hydroxyl groups is 1. The Morgan fingerprint density at radius 2 is 2.00 bits per heavy atom. The van der Waals surface area contributed by atoms with Gasteiger partial charge in [0, 0.05) is 48.4 Å². The first-order chi connectivity index (χ1) is 16.4. The number of nitrogens with zero attached hydrogens (tertiary/aromatic N) is 2. The molecule has 1 saturated heterocycles. The predicted octanol–water partition coefficient (Wildman–Crippen LogP) is 3.47. The number of hydrogen-bond acceptors (Lipinski definition) is 7. The first-order valence-corrected chi connectivity index (χ1v) is 12.7. The molecule has 0 spiro atoms. The van der Waals surface area contributed by atoms with E-state index in [0.29, 0.717) is 42.3 Å². The second kappa shape index (κ2) is 9.44. The van der Waals surface area contributed by atoms with E-state index in [1.807, 2.05) is 4.90 Å². The molecule has 1 amide bonds. The summed E-state index contributed by atoms with van der Waals surface area (Å²) in [6, 6.07) is 9.75. The number of aliphatic hydroxyl groups excluding tert-OH is 1. The quantitative estimate of drug-likeness (QED) is 0.403. The molecule has 186 valence electrons. The molecule has 4 rings (SSSR count). The number of ether oxygens (including phenoxy) is 1. The number of carbonyl (C=O) groups excluding carboxylic acids is 1. The first-order valence-electron chi connectivity index (χ1n) is 10.4. The molecule has 2 aromatic heterocycles. The Bertz CT molecular complexity index is 1340. The lowest BCUT2D eigenvalue weighted by Gasteiger charge is -2.20. The molecule has 0 unspecified atom stereocenters. The molecule has 1 fully saturated rings. The van der Waals surface area contributed by atoms with Crippen LogP contribution in [-0.2, 0) is 9.84 Å². The van der Waals surface area contributed by atoms with Crippen molar-refractivity contribution in [2.45, 2.75) is 23.1 Å².